The van der Waals surface area contributed by atoms with Gasteiger partial charge in [0.05, 0.1) is 18.4 Å². The molecule has 1 aliphatic heterocycles. The van der Waals surface area contributed by atoms with E-state index >= 15 is 0 Å². The number of carbonyl (C=O) groups excluding carboxylic acids is 1. The molecule has 6 nitrogen and oxygen atoms in total. The van der Waals surface area contributed by atoms with Crippen molar-refractivity contribution in [3.63, 3.8) is 0 Å². The van der Waals surface area contributed by atoms with Gasteiger partial charge in [-0.3, -0.25) is 4.79 Å². The summed E-state index contributed by atoms with van der Waals surface area (Å²) in [7, 11) is 1.83. The van der Waals surface area contributed by atoms with E-state index in [1.165, 1.54) is 0 Å². The summed E-state index contributed by atoms with van der Waals surface area (Å²) in [5.41, 5.74) is 5.23. The zero-order valence-corrected chi connectivity index (χ0v) is 16.2. The van der Waals surface area contributed by atoms with Crippen molar-refractivity contribution in [3.05, 3.63) is 88.7 Å². The van der Waals surface area contributed by atoms with Crippen LogP contribution in [0, 0.1) is 18.3 Å². The molecule has 2 heterocycles. The van der Waals surface area contributed by atoms with E-state index in [1.54, 1.807) is 21.7 Å². The molecule has 0 spiro atoms. The third-order valence-corrected chi connectivity index (χ3v) is 5.12. The van der Waals surface area contributed by atoms with Gasteiger partial charge in [0.15, 0.2) is 5.71 Å². The van der Waals surface area contributed by atoms with Gasteiger partial charge < -0.3 is 9.47 Å². The van der Waals surface area contributed by atoms with Crippen molar-refractivity contribution >= 4 is 23.5 Å². The molecule has 0 saturated heterocycles. The van der Waals surface area contributed by atoms with Crippen LogP contribution in [0.4, 0.5) is 5.69 Å². The van der Waals surface area contributed by atoms with Crippen LogP contribution in [0.2, 0.25) is 0 Å². The zero-order chi connectivity index (χ0) is 20.4. The summed E-state index contributed by atoms with van der Waals surface area (Å²) < 4.78 is 1.80. The molecule has 0 atom stereocenters. The molecule has 29 heavy (non-hydrogen) atoms. The highest BCUT2D eigenvalue weighted by Gasteiger charge is 2.33. The average Bonchev–Trinajstić information content (AvgIpc) is 3.17. The lowest BCUT2D eigenvalue weighted by atomic mass is 10.1. The SMILES string of the molecule is Cc1c(C=NN=C2C(=O)N(Cc3ccccc3)c3ccccc32)cc(C#N)n1C. The lowest BCUT2D eigenvalue weighted by Gasteiger charge is -2.16. The molecular weight excluding hydrogens is 362 g/mol. The van der Waals surface area contributed by atoms with E-state index in [2.05, 4.69) is 16.3 Å². The Balaban J connectivity index is 1.66. The molecule has 142 valence electrons. The molecule has 0 unspecified atom stereocenters. The van der Waals surface area contributed by atoms with E-state index in [0.29, 0.717) is 18.0 Å². The molecule has 1 aliphatic rings. The first-order valence-electron chi connectivity index (χ1n) is 9.23. The predicted octanol–water partition coefficient (Wildman–Crippen LogP) is 3.58. The number of hydrogen-bond acceptors (Lipinski definition) is 4. The van der Waals surface area contributed by atoms with E-state index < -0.39 is 0 Å². The van der Waals surface area contributed by atoms with Gasteiger partial charge in [0.1, 0.15) is 11.8 Å². The van der Waals surface area contributed by atoms with Gasteiger partial charge in [-0.25, -0.2) is 0 Å². The van der Waals surface area contributed by atoms with Gasteiger partial charge in [-0.1, -0.05) is 48.5 Å². The summed E-state index contributed by atoms with van der Waals surface area (Å²) in [4.78, 5) is 14.8. The lowest BCUT2D eigenvalue weighted by Crippen LogP contribution is -2.29. The van der Waals surface area contributed by atoms with Crippen molar-refractivity contribution in [2.24, 2.45) is 17.3 Å². The number of nitrogens with zero attached hydrogens (tertiary/aromatic N) is 5. The maximum atomic E-state index is 13.1. The summed E-state index contributed by atoms with van der Waals surface area (Å²) >= 11 is 0. The Labute approximate surface area is 169 Å². The monoisotopic (exact) mass is 381 g/mol. The van der Waals surface area contributed by atoms with Gasteiger partial charge >= 0.3 is 0 Å². The quantitative estimate of drug-likeness (QED) is 0.512. The van der Waals surface area contributed by atoms with Crippen LogP contribution in [0.3, 0.4) is 0 Å². The largest absolute Gasteiger partial charge is 0.339 e. The second kappa shape index (κ2) is 7.56. The Bertz CT molecular complexity index is 1180. The molecule has 1 amide bonds. The first-order valence-corrected chi connectivity index (χ1v) is 9.23. The number of benzene rings is 2. The smallest absolute Gasteiger partial charge is 0.279 e. The highest BCUT2D eigenvalue weighted by atomic mass is 16.2. The molecule has 4 rings (SSSR count). The Morgan fingerprint density at radius 3 is 2.55 bits per heavy atom. The molecule has 0 bridgehead atoms. The van der Waals surface area contributed by atoms with Gasteiger partial charge in [0, 0.05) is 23.9 Å². The minimum Gasteiger partial charge on any atom is -0.339 e. The first-order chi connectivity index (χ1) is 14.1. The molecule has 2 aromatic carbocycles. The maximum absolute atomic E-state index is 13.1. The normalized spacial score (nSPS) is 14.6. The Morgan fingerprint density at radius 2 is 1.83 bits per heavy atom. The van der Waals surface area contributed by atoms with Crippen molar-refractivity contribution < 1.29 is 4.79 Å². The highest BCUT2D eigenvalue weighted by molar-refractivity contribution is 6.54. The lowest BCUT2D eigenvalue weighted by molar-refractivity contribution is -0.112. The zero-order valence-electron chi connectivity index (χ0n) is 16.2. The van der Waals surface area contributed by atoms with Crippen LogP contribution in [0.15, 0.2) is 70.9 Å². The fourth-order valence-electron chi connectivity index (χ4n) is 3.39. The summed E-state index contributed by atoms with van der Waals surface area (Å²) in [5, 5.41) is 17.6. The summed E-state index contributed by atoms with van der Waals surface area (Å²) in [5.74, 6) is -0.172. The Kier molecular flexibility index (Phi) is 4.80. The molecular formula is C23H19N5O. The van der Waals surface area contributed by atoms with E-state index in [0.717, 1.165) is 28.1 Å². The van der Waals surface area contributed by atoms with Gasteiger partial charge in [-0.2, -0.15) is 10.4 Å². The van der Waals surface area contributed by atoms with E-state index in [9.17, 15) is 4.79 Å². The van der Waals surface area contributed by atoms with Crippen molar-refractivity contribution in [2.75, 3.05) is 4.90 Å². The van der Waals surface area contributed by atoms with Crippen molar-refractivity contribution in [1.82, 2.24) is 4.57 Å². The number of anilines is 1. The van der Waals surface area contributed by atoms with Crippen molar-refractivity contribution in [2.45, 2.75) is 13.5 Å². The standard InChI is InChI=1S/C23H19N5O/c1-16-18(12-19(13-24)27(16)2)14-25-26-22-20-10-6-7-11-21(20)28(23(22)29)15-17-8-4-3-5-9-17/h3-12,14H,15H2,1-2H3. The van der Waals surface area contributed by atoms with Gasteiger partial charge in [-0.05, 0) is 24.6 Å². The van der Waals surface area contributed by atoms with Crippen LogP contribution >= 0.6 is 0 Å². The average molecular weight is 381 g/mol. The van der Waals surface area contributed by atoms with Crippen LogP contribution in [0.1, 0.15) is 28.1 Å². The molecule has 0 fully saturated rings. The summed E-state index contributed by atoms with van der Waals surface area (Å²) in [6.45, 7) is 2.38. The van der Waals surface area contributed by atoms with E-state index in [1.807, 2.05) is 68.6 Å². The van der Waals surface area contributed by atoms with Crippen LogP contribution in [-0.2, 0) is 18.4 Å². The highest BCUT2D eigenvalue weighted by Crippen LogP contribution is 2.30. The second-order valence-corrected chi connectivity index (χ2v) is 6.83. The van der Waals surface area contributed by atoms with Gasteiger partial charge in [-0.15, -0.1) is 5.10 Å². The number of nitriles is 1. The van der Waals surface area contributed by atoms with Crippen LogP contribution in [-0.4, -0.2) is 22.4 Å². The summed E-state index contributed by atoms with van der Waals surface area (Å²) in [6, 6.07) is 21.4. The number of para-hydroxylation sites is 1. The first kappa shape index (κ1) is 18.4. The molecule has 3 aromatic rings. The maximum Gasteiger partial charge on any atom is 0.279 e. The number of hydrogen-bond donors (Lipinski definition) is 0. The molecule has 0 N–H and O–H groups in total. The van der Waals surface area contributed by atoms with Crippen LogP contribution in [0.25, 0.3) is 0 Å². The van der Waals surface area contributed by atoms with Crippen molar-refractivity contribution in [3.8, 4) is 6.07 Å². The van der Waals surface area contributed by atoms with E-state index in [-0.39, 0.29) is 5.91 Å². The van der Waals surface area contributed by atoms with E-state index in [4.69, 9.17) is 5.26 Å². The molecule has 6 heteroatoms. The third kappa shape index (κ3) is 3.34. The molecule has 1 aromatic heterocycles. The molecule has 0 saturated carbocycles. The minimum absolute atomic E-state index is 0.172. The molecule has 0 radical (unpaired) electrons. The number of fused-ring (bicyclic) bond motifs is 1. The number of aromatic nitrogens is 1. The molecule has 0 aliphatic carbocycles. The summed E-state index contributed by atoms with van der Waals surface area (Å²) in [6.07, 6.45) is 1.58. The Morgan fingerprint density at radius 1 is 1.10 bits per heavy atom. The number of amides is 1. The van der Waals surface area contributed by atoms with Gasteiger partial charge in [0.25, 0.3) is 5.91 Å². The minimum atomic E-state index is -0.172. The number of carbonyl (C=O) groups is 1. The van der Waals surface area contributed by atoms with Gasteiger partial charge in [0.2, 0.25) is 0 Å². The van der Waals surface area contributed by atoms with Crippen LogP contribution in [0.5, 0.6) is 0 Å². The third-order valence-electron chi connectivity index (χ3n) is 5.12. The fraction of sp³-hybridized carbons (Fsp3) is 0.130. The topological polar surface area (TPSA) is 73.8 Å². The van der Waals surface area contributed by atoms with Crippen LogP contribution < -0.4 is 4.90 Å². The van der Waals surface area contributed by atoms with Crippen molar-refractivity contribution in [1.29, 1.82) is 5.26 Å². The predicted molar refractivity (Wildman–Crippen MR) is 113 cm³/mol. The number of rotatable bonds is 4. The Hall–Kier alpha value is -3.98. The second-order valence-electron chi connectivity index (χ2n) is 6.83. The fourth-order valence-corrected chi connectivity index (χ4v) is 3.39.